The lowest BCUT2D eigenvalue weighted by atomic mass is 9.69. The first-order chi connectivity index (χ1) is 30.8. The van der Waals surface area contributed by atoms with E-state index in [1.54, 1.807) is 0 Å². The Morgan fingerprint density at radius 2 is 0.839 bits per heavy atom. The lowest BCUT2D eigenvalue weighted by Gasteiger charge is -2.36. The minimum atomic E-state index is -0.664. The van der Waals surface area contributed by atoms with E-state index in [9.17, 15) is 0 Å². The topological polar surface area (TPSA) is 19.6 Å². The first-order valence-corrected chi connectivity index (χ1v) is 21.3. The highest BCUT2D eigenvalue weighted by Crippen LogP contribution is 2.67. The molecule has 0 N–H and O–H groups in total. The van der Waals surface area contributed by atoms with Crippen molar-refractivity contribution >= 4 is 66.8 Å². The Bertz CT molecular complexity index is 3500. The van der Waals surface area contributed by atoms with E-state index in [1.165, 1.54) is 55.3 Å². The molecular formula is C59H38N2O. The molecule has 62 heavy (non-hydrogen) atoms. The molecule has 1 unspecified atom stereocenters. The summed E-state index contributed by atoms with van der Waals surface area (Å²) < 4.78 is 6.59. The highest BCUT2D eigenvalue weighted by Gasteiger charge is 2.54. The molecule has 1 atom stereocenters. The van der Waals surface area contributed by atoms with Gasteiger partial charge in [0.15, 0.2) is 0 Å². The molecule has 3 heteroatoms. The zero-order chi connectivity index (χ0) is 40.8. The SMILES string of the molecule is c1ccc(N(c2ccccc2)c2ccc3c(c2)C2(c4ccccc4-3)c3ccccc3-c3c2c(N(c2ccccc2)c2ccc4c(c2)oc2ccccc24)cc2ccccc32)cc1. The zero-order valence-corrected chi connectivity index (χ0v) is 33.7. The quantitative estimate of drug-likeness (QED) is 0.167. The van der Waals surface area contributed by atoms with Gasteiger partial charge in [-0.2, -0.15) is 0 Å². The monoisotopic (exact) mass is 790 g/mol. The van der Waals surface area contributed by atoms with Gasteiger partial charge in [-0.05, 0) is 123 Å². The third-order valence-electron chi connectivity index (χ3n) is 13.2. The average molecular weight is 791 g/mol. The zero-order valence-electron chi connectivity index (χ0n) is 33.7. The van der Waals surface area contributed by atoms with Crippen LogP contribution in [0.15, 0.2) is 235 Å². The second-order valence-corrected chi connectivity index (χ2v) is 16.4. The van der Waals surface area contributed by atoms with E-state index in [0.29, 0.717) is 0 Å². The van der Waals surface area contributed by atoms with Crippen molar-refractivity contribution < 1.29 is 4.42 Å². The van der Waals surface area contributed by atoms with Gasteiger partial charge in [0.05, 0.1) is 11.1 Å². The maximum absolute atomic E-state index is 6.59. The van der Waals surface area contributed by atoms with Crippen molar-refractivity contribution in [3.63, 3.8) is 0 Å². The standard InChI is InChI=1S/C59H38N2O/c1-4-19-40(20-5-1)60(41-21-6-2-7-22-41)43-32-34-47-46-26-12-15-29-51(46)59(53(47)37-43)52-30-16-13-28-50(52)57-45-25-11-10-18-39(45)36-54(58(57)59)61(42-23-8-3-9-24-42)44-33-35-49-48-27-14-17-31-55(48)62-56(49)38-44/h1-38H. The van der Waals surface area contributed by atoms with E-state index < -0.39 is 5.41 Å². The first kappa shape index (κ1) is 34.7. The molecule has 0 saturated heterocycles. The highest BCUT2D eigenvalue weighted by atomic mass is 16.3. The van der Waals surface area contributed by atoms with Gasteiger partial charge >= 0.3 is 0 Å². The number of furan rings is 1. The van der Waals surface area contributed by atoms with Gasteiger partial charge in [0.25, 0.3) is 0 Å². The molecule has 2 aliphatic carbocycles. The van der Waals surface area contributed by atoms with Crippen LogP contribution in [-0.2, 0) is 5.41 Å². The molecule has 0 radical (unpaired) electrons. The van der Waals surface area contributed by atoms with Crippen molar-refractivity contribution in [2.24, 2.45) is 0 Å². The van der Waals surface area contributed by atoms with Crippen molar-refractivity contribution in [3.05, 3.63) is 253 Å². The predicted molar refractivity (Wildman–Crippen MR) is 257 cm³/mol. The molecule has 11 aromatic rings. The third kappa shape index (κ3) is 4.88. The molecule has 0 saturated carbocycles. The van der Waals surface area contributed by atoms with E-state index >= 15 is 0 Å². The smallest absolute Gasteiger partial charge is 0.137 e. The summed E-state index contributed by atoms with van der Waals surface area (Å²) in [6.45, 7) is 0. The minimum absolute atomic E-state index is 0.664. The fraction of sp³-hybridized carbons (Fsp3) is 0.0169. The van der Waals surface area contributed by atoms with Gasteiger partial charge in [-0.25, -0.2) is 0 Å². The lowest BCUT2D eigenvalue weighted by molar-refractivity contribution is 0.669. The van der Waals surface area contributed by atoms with Crippen LogP contribution in [0.2, 0.25) is 0 Å². The van der Waals surface area contributed by atoms with E-state index in [0.717, 1.165) is 56.1 Å². The number of hydrogen-bond acceptors (Lipinski definition) is 3. The molecular weight excluding hydrogens is 753 g/mol. The summed E-state index contributed by atoms with van der Waals surface area (Å²) in [5.74, 6) is 0. The molecule has 13 rings (SSSR count). The van der Waals surface area contributed by atoms with Crippen LogP contribution in [0.4, 0.5) is 34.1 Å². The minimum Gasteiger partial charge on any atom is -0.456 e. The summed E-state index contributed by atoms with van der Waals surface area (Å²) in [6.07, 6.45) is 0. The Morgan fingerprint density at radius 1 is 0.323 bits per heavy atom. The molecule has 0 fully saturated rings. The lowest BCUT2D eigenvalue weighted by Crippen LogP contribution is -2.28. The Hall–Kier alpha value is -8.14. The van der Waals surface area contributed by atoms with E-state index in [4.69, 9.17) is 4.42 Å². The highest BCUT2D eigenvalue weighted by molar-refractivity contribution is 6.11. The Kier molecular flexibility index (Phi) is 7.52. The molecule has 0 bridgehead atoms. The van der Waals surface area contributed by atoms with Crippen molar-refractivity contribution in [3.8, 4) is 22.3 Å². The van der Waals surface area contributed by atoms with Gasteiger partial charge in [0.2, 0.25) is 0 Å². The van der Waals surface area contributed by atoms with Gasteiger partial charge in [-0.3, -0.25) is 0 Å². The summed E-state index contributed by atoms with van der Waals surface area (Å²) in [5, 5.41) is 4.67. The number of benzene rings is 10. The van der Waals surface area contributed by atoms with Gasteiger partial charge in [-0.15, -0.1) is 0 Å². The van der Waals surface area contributed by atoms with Crippen molar-refractivity contribution in [1.29, 1.82) is 0 Å². The molecule has 0 amide bonds. The maximum atomic E-state index is 6.59. The van der Waals surface area contributed by atoms with Crippen LogP contribution in [0.25, 0.3) is 55.0 Å². The van der Waals surface area contributed by atoms with Crippen LogP contribution in [-0.4, -0.2) is 0 Å². The van der Waals surface area contributed by atoms with Gasteiger partial charge in [0, 0.05) is 50.8 Å². The molecule has 2 aliphatic rings. The van der Waals surface area contributed by atoms with E-state index in [1.807, 2.05) is 6.07 Å². The molecule has 1 spiro atoms. The number of nitrogens with zero attached hydrogens (tertiary/aromatic N) is 2. The van der Waals surface area contributed by atoms with Crippen LogP contribution in [0.3, 0.4) is 0 Å². The number of anilines is 6. The van der Waals surface area contributed by atoms with Gasteiger partial charge in [-0.1, -0.05) is 152 Å². The van der Waals surface area contributed by atoms with Crippen LogP contribution < -0.4 is 9.80 Å². The summed E-state index contributed by atoms with van der Waals surface area (Å²) in [5.41, 5.74) is 17.8. The fourth-order valence-corrected chi connectivity index (χ4v) is 10.8. The molecule has 10 aromatic carbocycles. The van der Waals surface area contributed by atoms with Crippen molar-refractivity contribution in [2.45, 2.75) is 5.41 Å². The largest absolute Gasteiger partial charge is 0.456 e. The number of rotatable bonds is 6. The van der Waals surface area contributed by atoms with Crippen LogP contribution >= 0.6 is 0 Å². The van der Waals surface area contributed by atoms with E-state index in [-0.39, 0.29) is 0 Å². The second kappa shape index (κ2) is 13.4. The van der Waals surface area contributed by atoms with E-state index in [2.05, 4.69) is 234 Å². The second-order valence-electron chi connectivity index (χ2n) is 16.4. The molecule has 3 nitrogen and oxygen atoms in total. The Balaban J connectivity index is 1.16. The first-order valence-electron chi connectivity index (χ1n) is 21.3. The fourth-order valence-electron chi connectivity index (χ4n) is 10.8. The van der Waals surface area contributed by atoms with Gasteiger partial charge in [0.1, 0.15) is 11.2 Å². The predicted octanol–water partition coefficient (Wildman–Crippen LogP) is 16.0. The van der Waals surface area contributed by atoms with Crippen molar-refractivity contribution in [2.75, 3.05) is 9.80 Å². The normalized spacial score (nSPS) is 14.5. The van der Waals surface area contributed by atoms with Crippen molar-refractivity contribution in [1.82, 2.24) is 0 Å². The Morgan fingerprint density at radius 3 is 1.56 bits per heavy atom. The number of hydrogen-bond donors (Lipinski definition) is 0. The van der Waals surface area contributed by atoms with Crippen LogP contribution in [0.1, 0.15) is 22.3 Å². The van der Waals surface area contributed by atoms with Crippen LogP contribution in [0, 0.1) is 0 Å². The average Bonchev–Trinajstić information content (AvgIpc) is 3.97. The number of para-hydroxylation sites is 4. The summed E-state index contributed by atoms with van der Waals surface area (Å²) in [4.78, 5) is 4.86. The summed E-state index contributed by atoms with van der Waals surface area (Å²) in [6, 6.07) is 84.1. The Labute approximate surface area is 360 Å². The summed E-state index contributed by atoms with van der Waals surface area (Å²) in [7, 11) is 0. The molecule has 1 aromatic heterocycles. The van der Waals surface area contributed by atoms with Gasteiger partial charge < -0.3 is 14.2 Å². The molecule has 1 heterocycles. The summed E-state index contributed by atoms with van der Waals surface area (Å²) >= 11 is 0. The third-order valence-corrected chi connectivity index (χ3v) is 13.2. The molecule has 0 aliphatic heterocycles. The maximum Gasteiger partial charge on any atom is 0.137 e. The molecule has 290 valence electrons. The number of fused-ring (bicyclic) bond motifs is 15. The van der Waals surface area contributed by atoms with Crippen LogP contribution in [0.5, 0.6) is 0 Å².